The van der Waals surface area contributed by atoms with Gasteiger partial charge in [0.1, 0.15) is 5.82 Å². The summed E-state index contributed by atoms with van der Waals surface area (Å²) in [5.41, 5.74) is 1.93. The predicted molar refractivity (Wildman–Crippen MR) is 91.0 cm³/mol. The maximum absolute atomic E-state index is 13.2. The van der Waals surface area contributed by atoms with Crippen LogP contribution in [-0.4, -0.2) is 19.0 Å². The number of hydrogen-bond donors (Lipinski definition) is 3. The van der Waals surface area contributed by atoms with Crippen molar-refractivity contribution in [2.75, 3.05) is 17.7 Å². The Labute approximate surface area is 141 Å². The molecule has 2 aromatic carbocycles. The second kappa shape index (κ2) is 7.73. The summed E-state index contributed by atoms with van der Waals surface area (Å²) in [5, 5.41) is 7.81. The molecule has 0 unspecified atom stereocenters. The number of halogens is 2. The molecule has 3 N–H and O–H groups in total. The maximum Gasteiger partial charge on any atom is 0.318 e. The lowest BCUT2D eigenvalue weighted by atomic mass is 10.1. The van der Waals surface area contributed by atoms with Crippen molar-refractivity contribution in [3.63, 3.8) is 0 Å². The molecule has 0 radical (unpaired) electrons. The molecular formula is C16H15BrFN3O2. The van der Waals surface area contributed by atoms with E-state index in [9.17, 15) is 14.0 Å². The van der Waals surface area contributed by atoms with Gasteiger partial charge in [0.25, 0.3) is 0 Å². The van der Waals surface area contributed by atoms with Crippen LogP contribution in [0.1, 0.15) is 5.56 Å². The summed E-state index contributed by atoms with van der Waals surface area (Å²) in [5.74, 6) is -0.580. The number of anilines is 2. The van der Waals surface area contributed by atoms with E-state index in [-0.39, 0.29) is 24.2 Å². The Balaban J connectivity index is 1.94. The summed E-state index contributed by atoms with van der Waals surface area (Å²) in [7, 11) is 1.53. The van der Waals surface area contributed by atoms with Crippen LogP contribution < -0.4 is 16.0 Å². The van der Waals surface area contributed by atoms with Crippen LogP contribution in [0.3, 0.4) is 0 Å². The van der Waals surface area contributed by atoms with E-state index >= 15 is 0 Å². The van der Waals surface area contributed by atoms with Gasteiger partial charge in [-0.1, -0.05) is 6.07 Å². The third-order valence-electron chi connectivity index (χ3n) is 3.00. The van der Waals surface area contributed by atoms with Gasteiger partial charge in [0.05, 0.1) is 10.9 Å². The van der Waals surface area contributed by atoms with Crippen molar-refractivity contribution in [3.8, 4) is 0 Å². The van der Waals surface area contributed by atoms with E-state index in [0.29, 0.717) is 21.4 Å². The topological polar surface area (TPSA) is 70.2 Å². The van der Waals surface area contributed by atoms with E-state index in [1.165, 1.54) is 13.1 Å². The number of hydrogen-bond acceptors (Lipinski definition) is 2. The van der Waals surface area contributed by atoms with E-state index in [2.05, 4.69) is 31.9 Å². The van der Waals surface area contributed by atoms with Gasteiger partial charge < -0.3 is 16.0 Å². The van der Waals surface area contributed by atoms with Crippen molar-refractivity contribution >= 4 is 39.2 Å². The second-order valence-electron chi connectivity index (χ2n) is 4.75. The molecule has 0 heterocycles. The zero-order chi connectivity index (χ0) is 16.8. The molecule has 7 heteroatoms. The fourth-order valence-electron chi connectivity index (χ4n) is 1.87. The molecule has 0 spiro atoms. The lowest BCUT2D eigenvalue weighted by molar-refractivity contribution is -0.115. The molecule has 3 amide bonds. The van der Waals surface area contributed by atoms with E-state index in [4.69, 9.17) is 0 Å². The summed E-state index contributed by atoms with van der Waals surface area (Å²) in [6.07, 6.45) is 0.136. The Morgan fingerprint density at radius 2 is 1.65 bits per heavy atom. The van der Waals surface area contributed by atoms with Crippen LogP contribution in [-0.2, 0) is 11.2 Å². The predicted octanol–water partition coefficient (Wildman–Crippen LogP) is 3.52. The average molecular weight is 380 g/mol. The molecule has 23 heavy (non-hydrogen) atoms. The van der Waals surface area contributed by atoms with Gasteiger partial charge in [0, 0.05) is 18.4 Å². The highest BCUT2D eigenvalue weighted by atomic mass is 79.9. The third kappa shape index (κ3) is 5.07. The molecule has 0 bridgehead atoms. The molecule has 0 aliphatic heterocycles. The number of urea groups is 1. The van der Waals surface area contributed by atoms with Crippen LogP contribution in [0.4, 0.5) is 20.6 Å². The fraction of sp³-hybridized carbons (Fsp3) is 0.125. The minimum absolute atomic E-state index is 0.136. The lowest BCUT2D eigenvalue weighted by Crippen LogP contribution is -2.24. The first kappa shape index (κ1) is 17.0. The highest BCUT2D eigenvalue weighted by Gasteiger charge is 2.07. The Bertz CT molecular complexity index is 720. The molecule has 120 valence electrons. The minimum Gasteiger partial charge on any atom is -0.341 e. The minimum atomic E-state index is -0.367. The number of rotatable bonds is 4. The van der Waals surface area contributed by atoms with Gasteiger partial charge in [0.2, 0.25) is 5.91 Å². The molecule has 2 aromatic rings. The van der Waals surface area contributed by atoms with Crippen LogP contribution in [0.25, 0.3) is 0 Å². The first-order valence-corrected chi connectivity index (χ1v) is 7.60. The van der Waals surface area contributed by atoms with Gasteiger partial charge in [-0.25, -0.2) is 9.18 Å². The Hall–Kier alpha value is -2.41. The van der Waals surface area contributed by atoms with Crippen LogP contribution in [0.2, 0.25) is 0 Å². The van der Waals surface area contributed by atoms with E-state index in [1.54, 1.807) is 36.4 Å². The van der Waals surface area contributed by atoms with Crippen LogP contribution >= 0.6 is 15.9 Å². The summed E-state index contributed by atoms with van der Waals surface area (Å²) < 4.78 is 13.5. The summed E-state index contributed by atoms with van der Waals surface area (Å²) in [6, 6.07) is 10.9. The zero-order valence-corrected chi connectivity index (χ0v) is 13.9. The van der Waals surface area contributed by atoms with Crippen molar-refractivity contribution in [3.05, 3.63) is 58.3 Å². The Morgan fingerprint density at radius 3 is 2.22 bits per heavy atom. The molecule has 0 fully saturated rings. The van der Waals surface area contributed by atoms with E-state index in [1.807, 2.05) is 0 Å². The Kier molecular flexibility index (Phi) is 5.70. The highest BCUT2D eigenvalue weighted by molar-refractivity contribution is 9.10. The van der Waals surface area contributed by atoms with Gasteiger partial charge in [-0.15, -0.1) is 0 Å². The second-order valence-corrected chi connectivity index (χ2v) is 5.61. The summed E-state index contributed by atoms with van der Waals surface area (Å²) in [4.78, 5) is 23.2. The van der Waals surface area contributed by atoms with Crippen LogP contribution in [0, 0.1) is 5.82 Å². The van der Waals surface area contributed by atoms with Crippen molar-refractivity contribution < 1.29 is 14.0 Å². The van der Waals surface area contributed by atoms with Gasteiger partial charge in [-0.2, -0.15) is 0 Å². The van der Waals surface area contributed by atoms with E-state index in [0.717, 1.165) is 0 Å². The molecule has 0 atom stereocenters. The van der Waals surface area contributed by atoms with Crippen LogP contribution in [0.15, 0.2) is 46.9 Å². The van der Waals surface area contributed by atoms with Crippen molar-refractivity contribution in [1.29, 1.82) is 0 Å². The van der Waals surface area contributed by atoms with Crippen molar-refractivity contribution in [2.45, 2.75) is 6.42 Å². The average Bonchev–Trinajstić information content (AvgIpc) is 2.52. The normalized spacial score (nSPS) is 10.0. The zero-order valence-electron chi connectivity index (χ0n) is 12.3. The van der Waals surface area contributed by atoms with Crippen LogP contribution in [0.5, 0.6) is 0 Å². The summed E-state index contributed by atoms with van der Waals surface area (Å²) >= 11 is 3.09. The van der Waals surface area contributed by atoms with E-state index < -0.39 is 0 Å². The fourth-order valence-corrected chi connectivity index (χ4v) is 2.30. The molecule has 0 aliphatic carbocycles. The number of benzene rings is 2. The number of amides is 3. The number of nitrogens with one attached hydrogen (secondary N) is 3. The standard InChI is InChI=1S/C16H15BrFN3O2/c1-19-16(23)21-12-5-3-11(4-6-12)20-15(22)9-10-2-7-14(18)13(17)8-10/h2-8H,9H2,1H3,(H,20,22)(H2,19,21,23). The number of carbonyl (C=O) groups excluding carboxylic acids is 2. The van der Waals surface area contributed by atoms with Gasteiger partial charge >= 0.3 is 6.03 Å². The monoisotopic (exact) mass is 379 g/mol. The van der Waals surface area contributed by atoms with Gasteiger partial charge in [-0.05, 0) is 57.9 Å². The molecule has 0 aliphatic rings. The molecule has 5 nitrogen and oxygen atoms in total. The molecule has 0 saturated heterocycles. The maximum atomic E-state index is 13.2. The third-order valence-corrected chi connectivity index (χ3v) is 3.61. The first-order chi connectivity index (χ1) is 11.0. The Morgan fingerprint density at radius 1 is 1.04 bits per heavy atom. The number of carbonyl (C=O) groups is 2. The smallest absolute Gasteiger partial charge is 0.318 e. The molecule has 0 aromatic heterocycles. The van der Waals surface area contributed by atoms with Gasteiger partial charge in [-0.3, -0.25) is 4.79 Å². The van der Waals surface area contributed by atoms with Crippen molar-refractivity contribution in [1.82, 2.24) is 5.32 Å². The SMILES string of the molecule is CNC(=O)Nc1ccc(NC(=O)Cc2ccc(F)c(Br)c2)cc1. The molecule has 2 rings (SSSR count). The van der Waals surface area contributed by atoms with Gasteiger partial charge in [0.15, 0.2) is 0 Å². The van der Waals surface area contributed by atoms with Crippen molar-refractivity contribution in [2.24, 2.45) is 0 Å². The largest absolute Gasteiger partial charge is 0.341 e. The molecular weight excluding hydrogens is 365 g/mol. The lowest BCUT2D eigenvalue weighted by Gasteiger charge is -2.08. The first-order valence-electron chi connectivity index (χ1n) is 6.80. The molecule has 0 saturated carbocycles. The summed E-state index contributed by atoms with van der Waals surface area (Å²) in [6.45, 7) is 0. The highest BCUT2D eigenvalue weighted by Crippen LogP contribution is 2.18. The quantitative estimate of drug-likeness (QED) is 0.760.